The predicted molar refractivity (Wildman–Crippen MR) is 129 cm³/mol. The van der Waals surface area contributed by atoms with E-state index in [1.807, 2.05) is 0 Å². The molecular weight excluding hydrogens is 456 g/mol. The molecule has 1 atom stereocenters. The number of aryl methyl sites for hydroxylation is 2. The minimum absolute atomic E-state index is 0.0584. The fraction of sp³-hybridized carbons (Fsp3) is 0.583. The average molecular weight is 489 g/mol. The van der Waals surface area contributed by atoms with Gasteiger partial charge in [0.25, 0.3) is 10.0 Å². The summed E-state index contributed by atoms with van der Waals surface area (Å²) in [7, 11) is -4.16. The second kappa shape index (κ2) is 9.22. The maximum Gasteiger partial charge on any atom is 0.333 e. The van der Waals surface area contributed by atoms with E-state index in [4.69, 9.17) is 9.47 Å². The number of hydrogen-bond acceptors (Lipinski definition) is 7. The van der Waals surface area contributed by atoms with E-state index < -0.39 is 16.1 Å². The second-order valence-corrected chi connectivity index (χ2v) is 11.4. The fourth-order valence-corrected chi connectivity index (χ4v) is 5.90. The van der Waals surface area contributed by atoms with Crippen molar-refractivity contribution >= 4 is 28.5 Å². The monoisotopic (exact) mass is 488 g/mol. The lowest BCUT2D eigenvalue weighted by atomic mass is 9.99. The Kier molecular flexibility index (Phi) is 6.28. The number of amides is 2. The van der Waals surface area contributed by atoms with Crippen LogP contribution in [0.15, 0.2) is 22.0 Å². The smallest absolute Gasteiger partial charge is 0.333 e. The summed E-state index contributed by atoms with van der Waals surface area (Å²) in [5, 5.41) is 8.15. The summed E-state index contributed by atoms with van der Waals surface area (Å²) in [6.45, 7) is 6.16. The molecule has 0 aromatic heterocycles. The van der Waals surface area contributed by atoms with Crippen LogP contribution in [0.4, 0.5) is 10.5 Å². The van der Waals surface area contributed by atoms with E-state index in [2.05, 4.69) is 27.9 Å². The maximum absolute atomic E-state index is 13.0. The van der Waals surface area contributed by atoms with E-state index >= 15 is 0 Å². The normalized spacial score (nSPS) is 23.1. The van der Waals surface area contributed by atoms with Crippen LogP contribution in [-0.4, -0.2) is 52.0 Å². The van der Waals surface area contributed by atoms with Gasteiger partial charge in [0.1, 0.15) is 17.6 Å². The Morgan fingerprint density at radius 1 is 1.21 bits per heavy atom. The standard InChI is InChI=1S/C24H32N4O5S/c1-15(23-28(25-2)12-19(14-33-23)32-13-16-9-10-16)34(30,31)27-24(29)26-22-20-7-3-5-17(20)11-18-6-4-8-21(18)22/h11,16,19H,2-10,12-14H2,1H3,(H2,26,27,29)/b23-15-. The van der Waals surface area contributed by atoms with Crippen molar-refractivity contribution in [3.05, 3.63) is 39.1 Å². The van der Waals surface area contributed by atoms with Crippen LogP contribution >= 0.6 is 0 Å². The molecule has 2 amide bonds. The highest BCUT2D eigenvalue weighted by Crippen LogP contribution is 2.38. The van der Waals surface area contributed by atoms with E-state index in [0.29, 0.717) is 19.1 Å². The lowest BCUT2D eigenvalue weighted by molar-refractivity contribution is -0.0690. The van der Waals surface area contributed by atoms with Crippen LogP contribution < -0.4 is 10.0 Å². The summed E-state index contributed by atoms with van der Waals surface area (Å²) in [5.74, 6) is 0.669. The molecule has 1 heterocycles. The predicted octanol–water partition coefficient (Wildman–Crippen LogP) is 3.05. The zero-order chi connectivity index (χ0) is 23.9. The lowest BCUT2D eigenvalue weighted by Gasteiger charge is -2.33. The van der Waals surface area contributed by atoms with Gasteiger partial charge < -0.3 is 14.8 Å². The molecule has 1 saturated carbocycles. The third-order valence-corrected chi connectivity index (χ3v) is 8.53. The number of fused-ring (bicyclic) bond motifs is 2. The first-order valence-corrected chi connectivity index (χ1v) is 13.5. The summed E-state index contributed by atoms with van der Waals surface area (Å²) in [6, 6.07) is 1.49. The highest BCUT2D eigenvalue weighted by molar-refractivity contribution is 7.93. The van der Waals surface area contributed by atoms with Gasteiger partial charge in [0.05, 0.1) is 13.2 Å². The van der Waals surface area contributed by atoms with Crippen LogP contribution in [0, 0.1) is 5.92 Å². The Labute approximate surface area is 200 Å². The molecule has 184 valence electrons. The first-order chi connectivity index (χ1) is 16.4. The number of sulfonamides is 1. The van der Waals surface area contributed by atoms with Gasteiger partial charge in [0.15, 0.2) is 0 Å². The van der Waals surface area contributed by atoms with Crippen LogP contribution in [0.1, 0.15) is 54.9 Å². The van der Waals surface area contributed by atoms with Crippen molar-refractivity contribution in [1.29, 1.82) is 0 Å². The Hall–Kier alpha value is -2.59. The molecule has 0 radical (unpaired) electrons. The molecule has 34 heavy (non-hydrogen) atoms. The SMILES string of the molecule is C=NN1CC(OCC2CC2)CO/C1=C(/C)S(=O)(=O)NC(=O)Nc1c2c(cc3c1CCC3)CCC2. The Morgan fingerprint density at radius 3 is 2.50 bits per heavy atom. The van der Waals surface area contributed by atoms with Crippen LogP contribution in [-0.2, 0) is 45.2 Å². The second-order valence-electron chi connectivity index (χ2n) is 9.59. The molecule has 1 aromatic rings. The zero-order valence-corrected chi connectivity index (χ0v) is 20.4. The molecule has 9 nitrogen and oxygen atoms in total. The number of ether oxygens (including phenoxy) is 2. The Morgan fingerprint density at radius 2 is 1.88 bits per heavy atom. The first-order valence-electron chi connectivity index (χ1n) is 12.1. The summed E-state index contributed by atoms with van der Waals surface area (Å²) < 4.78 is 39.8. The molecule has 10 heteroatoms. The molecule has 1 aromatic carbocycles. The number of nitrogens with zero attached hydrogens (tertiary/aromatic N) is 2. The third-order valence-electron chi connectivity index (χ3n) is 7.10. The number of rotatable bonds is 7. The van der Waals surface area contributed by atoms with Crippen molar-refractivity contribution < 1.29 is 22.7 Å². The number of carbonyl (C=O) groups excluding carboxylic acids is 1. The van der Waals surface area contributed by atoms with Crippen LogP contribution in [0.3, 0.4) is 0 Å². The van der Waals surface area contributed by atoms with Gasteiger partial charge in [-0.1, -0.05) is 6.07 Å². The summed E-state index contributed by atoms with van der Waals surface area (Å²) in [4.78, 5) is 12.7. The Bertz CT molecular complexity index is 1110. The van der Waals surface area contributed by atoms with Crippen molar-refractivity contribution in [2.45, 2.75) is 64.4 Å². The van der Waals surface area contributed by atoms with E-state index in [0.717, 1.165) is 55.3 Å². The average Bonchev–Trinajstić information content (AvgIpc) is 3.31. The van der Waals surface area contributed by atoms with Crippen molar-refractivity contribution in [3.63, 3.8) is 0 Å². The quantitative estimate of drug-likeness (QED) is 0.571. The van der Waals surface area contributed by atoms with E-state index in [-0.39, 0.29) is 23.5 Å². The number of hydrazone groups is 1. The van der Waals surface area contributed by atoms with Crippen molar-refractivity contribution in [2.24, 2.45) is 11.0 Å². The molecule has 4 aliphatic rings. The zero-order valence-electron chi connectivity index (χ0n) is 19.6. The van der Waals surface area contributed by atoms with E-state index in [1.165, 1.54) is 35.9 Å². The van der Waals surface area contributed by atoms with Gasteiger partial charge >= 0.3 is 6.03 Å². The molecule has 3 aliphatic carbocycles. The lowest BCUT2D eigenvalue weighted by Crippen LogP contribution is -2.42. The number of anilines is 1. The number of urea groups is 1. The molecule has 2 fully saturated rings. The summed E-state index contributed by atoms with van der Waals surface area (Å²) in [5.41, 5.74) is 5.59. The third kappa shape index (κ3) is 4.65. The number of benzene rings is 1. The summed E-state index contributed by atoms with van der Waals surface area (Å²) in [6.07, 6.45) is 8.02. The van der Waals surface area contributed by atoms with Gasteiger partial charge in [0, 0.05) is 12.4 Å². The first kappa shape index (κ1) is 23.2. The molecule has 0 bridgehead atoms. The molecule has 1 saturated heterocycles. The van der Waals surface area contributed by atoms with Crippen LogP contribution in [0.5, 0.6) is 0 Å². The number of nitrogens with one attached hydrogen (secondary N) is 2. The maximum atomic E-state index is 13.0. The highest BCUT2D eigenvalue weighted by atomic mass is 32.2. The van der Waals surface area contributed by atoms with Crippen molar-refractivity contribution in [3.8, 4) is 0 Å². The fourth-order valence-electron chi connectivity index (χ4n) is 5.06. The number of carbonyl (C=O) groups is 1. The largest absolute Gasteiger partial charge is 0.474 e. The van der Waals surface area contributed by atoms with Crippen molar-refractivity contribution in [2.75, 3.05) is 25.1 Å². The number of hydrogen-bond donors (Lipinski definition) is 2. The van der Waals surface area contributed by atoms with Gasteiger partial charge in [-0.15, -0.1) is 0 Å². The van der Waals surface area contributed by atoms with Crippen LogP contribution in [0.25, 0.3) is 0 Å². The van der Waals surface area contributed by atoms with E-state index in [1.54, 1.807) is 0 Å². The van der Waals surface area contributed by atoms with Gasteiger partial charge in [0.2, 0.25) is 5.88 Å². The van der Waals surface area contributed by atoms with Gasteiger partial charge in [-0.05, 0) is 86.5 Å². The van der Waals surface area contributed by atoms with Gasteiger partial charge in [-0.2, -0.15) is 5.10 Å². The Balaban J connectivity index is 1.29. The molecule has 5 rings (SSSR count). The molecule has 1 aliphatic heterocycles. The molecule has 2 N–H and O–H groups in total. The highest BCUT2D eigenvalue weighted by Gasteiger charge is 2.33. The van der Waals surface area contributed by atoms with Gasteiger partial charge in [-0.25, -0.2) is 22.9 Å². The topological polar surface area (TPSA) is 109 Å². The molecule has 1 unspecified atom stereocenters. The van der Waals surface area contributed by atoms with Crippen LogP contribution in [0.2, 0.25) is 0 Å². The van der Waals surface area contributed by atoms with Gasteiger partial charge in [-0.3, -0.25) is 0 Å². The number of allylic oxidation sites excluding steroid dienone is 1. The van der Waals surface area contributed by atoms with E-state index in [9.17, 15) is 13.2 Å². The summed E-state index contributed by atoms with van der Waals surface area (Å²) >= 11 is 0. The van der Waals surface area contributed by atoms with Crippen molar-refractivity contribution in [1.82, 2.24) is 9.73 Å². The minimum Gasteiger partial charge on any atom is -0.474 e. The minimum atomic E-state index is -4.16. The molecule has 0 spiro atoms. The molecular formula is C24H32N4O5S.